The van der Waals surface area contributed by atoms with E-state index in [1.807, 2.05) is 54.6 Å². The summed E-state index contributed by atoms with van der Waals surface area (Å²) in [5.41, 5.74) is 4.11. The Balaban J connectivity index is 1.02. The Bertz CT molecular complexity index is 1420. The Morgan fingerprint density at radius 3 is 1.92 bits per heavy atom. The summed E-state index contributed by atoms with van der Waals surface area (Å²) in [7, 11) is 0. The topological polar surface area (TPSA) is 53.0 Å². The van der Waals surface area contributed by atoms with Crippen LogP contribution in [0.2, 0.25) is 0 Å². The molecule has 0 aliphatic carbocycles. The third-order valence-electron chi connectivity index (χ3n) is 7.62. The zero-order valence-corrected chi connectivity index (χ0v) is 21.0. The lowest BCUT2D eigenvalue weighted by molar-refractivity contribution is 0.0697. The van der Waals surface area contributed by atoms with Crippen molar-refractivity contribution in [3.05, 3.63) is 120 Å². The van der Waals surface area contributed by atoms with Crippen LogP contribution in [0.15, 0.2) is 97.1 Å². The first-order chi connectivity index (χ1) is 18.5. The molecule has 4 aromatic carbocycles. The van der Waals surface area contributed by atoms with Crippen LogP contribution in [-0.4, -0.2) is 46.0 Å². The maximum absolute atomic E-state index is 14.7. The normalized spacial score (nSPS) is 19.1. The number of benzene rings is 4. The van der Waals surface area contributed by atoms with Gasteiger partial charge in [-0.05, 0) is 59.5 Å². The first kappa shape index (κ1) is 24.3. The number of carboxylic acids is 1. The van der Waals surface area contributed by atoms with Crippen molar-refractivity contribution in [2.45, 2.75) is 31.6 Å². The summed E-state index contributed by atoms with van der Waals surface area (Å²) in [5.74, 6) is -0.0350. The number of hydrogen-bond acceptors (Lipinski definition) is 4. The summed E-state index contributed by atoms with van der Waals surface area (Å²) in [6.45, 7) is 3.80. The summed E-state index contributed by atoms with van der Waals surface area (Å²) in [6, 6.07) is 30.8. The average molecular weight is 509 g/mol. The van der Waals surface area contributed by atoms with Gasteiger partial charge < -0.3 is 9.84 Å². The number of ether oxygens (including phenoxy) is 1. The van der Waals surface area contributed by atoms with Crippen molar-refractivity contribution in [2.24, 2.45) is 0 Å². The van der Waals surface area contributed by atoms with Crippen molar-refractivity contribution in [1.29, 1.82) is 0 Å². The molecule has 6 heteroatoms. The summed E-state index contributed by atoms with van der Waals surface area (Å²) in [4.78, 5) is 16.1. The molecule has 0 radical (unpaired) electrons. The van der Waals surface area contributed by atoms with Crippen LogP contribution in [0, 0.1) is 5.82 Å². The van der Waals surface area contributed by atoms with Crippen LogP contribution in [0.3, 0.4) is 0 Å². The van der Waals surface area contributed by atoms with Crippen molar-refractivity contribution in [1.82, 2.24) is 9.80 Å². The maximum Gasteiger partial charge on any atom is 0.335 e. The molecule has 2 aliphatic heterocycles. The van der Waals surface area contributed by atoms with E-state index in [-0.39, 0.29) is 5.82 Å². The maximum atomic E-state index is 14.7. The Morgan fingerprint density at radius 1 is 0.789 bits per heavy atom. The molecule has 192 valence electrons. The van der Waals surface area contributed by atoms with Gasteiger partial charge >= 0.3 is 5.97 Å². The van der Waals surface area contributed by atoms with Gasteiger partial charge in [0, 0.05) is 49.9 Å². The van der Waals surface area contributed by atoms with Crippen LogP contribution in [0.4, 0.5) is 4.39 Å². The van der Waals surface area contributed by atoms with Crippen LogP contribution >= 0.6 is 0 Å². The number of fused-ring (bicyclic) bond motifs is 2. The highest BCUT2D eigenvalue weighted by molar-refractivity contribution is 5.87. The van der Waals surface area contributed by atoms with Crippen molar-refractivity contribution >= 4 is 5.97 Å². The lowest BCUT2D eigenvalue weighted by Gasteiger charge is -2.34. The van der Waals surface area contributed by atoms with E-state index in [2.05, 4.69) is 21.9 Å². The number of nitrogens with zero attached hydrogens (tertiary/aromatic N) is 2. The molecule has 2 fully saturated rings. The fraction of sp³-hybridized carbons (Fsp3) is 0.219. The zero-order chi connectivity index (χ0) is 26.1. The van der Waals surface area contributed by atoms with E-state index in [0.717, 1.165) is 37.3 Å². The molecule has 2 heterocycles. The van der Waals surface area contributed by atoms with E-state index in [4.69, 9.17) is 9.84 Å². The SMILES string of the molecule is O=C(O)c1ccc(CN2C[C@@H]3C[C@H]2CN3Cc2ccc(Oc3ccc(-c4ccccc4)c(F)c3)cc2)cc1. The highest BCUT2D eigenvalue weighted by atomic mass is 19.1. The van der Waals surface area contributed by atoms with Crippen LogP contribution in [0.25, 0.3) is 11.1 Å². The summed E-state index contributed by atoms with van der Waals surface area (Å²) < 4.78 is 20.6. The minimum atomic E-state index is -0.890. The first-order valence-electron chi connectivity index (χ1n) is 12.9. The fourth-order valence-electron chi connectivity index (χ4n) is 5.65. The van der Waals surface area contributed by atoms with E-state index < -0.39 is 5.97 Å². The van der Waals surface area contributed by atoms with E-state index in [9.17, 15) is 9.18 Å². The number of likely N-dealkylation sites (tertiary alicyclic amines) is 2. The standard InChI is InChI=1S/C32H29FN2O3/c33-31-17-29(14-15-30(31)24-4-2-1-3-5-24)38-28-12-8-23(9-13-28)19-35-21-26-16-27(35)20-34(26)18-22-6-10-25(11-7-22)32(36)37/h1-15,17,26-27H,16,18-21H2,(H,36,37)/t26-,27-/m0/s1. The number of piperazine rings is 1. The molecule has 0 saturated carbocycles. The summed E-state index contributed by atoms with van der Waals surface area (Å²) >= 11 is 0. The number of aromatic carboxylic acids is 1. The molecule has 0 unspecified atom stereocenters. The van der Waals surface area contributed by atoms with Gasteiger partial charge in [-0.25, -0.2) is 9.18 Å². The van der Waals surface area contributed by atoms with Crippen molar-refractivity contribution < 1.29 is 19.0 Å². The molecule has 6 rings (SSSR count). The fourth-order valence-corrected chi connectivity index (χ4v) is 5.65. The van der Waals surface area contributed by atoms with E-state index >= 15 is 0 Å². The van der Waals surface area contributed by atoms with Gasteiger partial charge in [0.05, 0.1) is 5.56 Å². The minimum Gasteiger partial charge on any atom is -0.478 e. The van der Waals surface area contributed by atoms with E-state index in [1.54, 1.807) is 24.3 Å². The van der Waals surface area contributed by atoms with Crippen LogP contribution < -0.4 is 4.74 Å². The lowest BCUT2D eigenvalue weighted by Crippen LogP contribution is -2.45. The second kappa shape index (κ2) is 10.4. The van der Waals surface area contributed by atoms with Gasteiger partial charge in [-0.1, -0.05) is 54.6 Å². The van der Waals surface area contributed by atoms with Gasteiger partial charge in [-0.3, -0.25) is 9.80 Å². The molecule has 38 heavy (non-hydrogen) atoms. The van der Waals surface area contributed by atoms with E-state index in [0.29, 0.717) is 34.7 Å². The molecule has 2 atom stereocenters. The number of carboxylic acid groups (broad SMARTS) is 1. The van der Waals surface area contributed by atoms with Gasteiger partial charge in [-0.15, -0.1) is 0 Å². The molecule has 2 bridgehead atoms. The van der Waals surface area contributed by atoms with E-state index in [1.165, 1.54) is 18.1 Å². The molecule has 1 N–H and O–H groups in total. The number of rotatable bonds is 8. The van der Waals surface area contributed by atoms with Crippen molar-refractivity contribution in [2.75, 3.05) is 13.1 Å². The quantitative estimate of drug-likeness (QED) is 0.297. The Hall–Kier alpha value is -4.00. The molecular weight excluding hydrogens is 479 g/mol. The molecule has 5 nitrogen and oxygen atoms in total. The highest BCUT2D eigenvalue weighted by Crippen LogP contribution is 2.34. The van der Waals surface area contributed by atoms with Gasteiger partial charge in [0.25, 0.3) is 0 Å². The van der Waals surface area contributed by atoms with Gasteiger partial charge in [0.15, 0.2) is 0 Å². The van der Waals surface area contributed by atoms with Gasteiger partial charge in [0.1, 0.15) is 17.3 Å². The molecule has 0 aromatic heterocycles. The monoisotopic (exact) mass is 508 g/mol. The number of hydrogen-bond donors (Lipinski definition) is 1. The summed E-state index contributed by atoms with van der Waals surface area (Å²) in [5, 5.41) is 9.10. The second-order valence-corrected chi connectivity index (χ2v) is 10.2. The van der Waals surface area contributed by atoms with Gasteiger partial charge in [0.2, 0.25) is 0 Å². The molecule has 2 aliphatic rings. The smallest absolute Gasteiger partial charge is 0.335 e. The second-order valence-electron chi connectivity index (χ2n) is 10.2. The van der Waals surface area contributed by atoms with Crippen molar-refractivity contribution in [3.63, 3.8) is 0 Å². The zero-order valence-electron chi connectivity index (χ0n) is 21.0. The Morgan fingerprint density at radius 2 is 1.37 bits per heavy atom. The Labute approximate surface area is 221 Å². The van der Waals surface area contributed by atoms with Crippen LogP contribution in [-0.2, 0) is 13.1 Å². The van der Waals surface area contributed by atoms with Crippen LogP contribution in [0.1, 0.15) is 27.9 Å². The molecule has 2 saturated heterocycles. The third kappa shape index (κ3) is 5.19. The Kier molecular flexibility index (Phi) is 6.66. The predicted octanol–water partition coefficient (Wildman–Crippen LogP) is 6.44. The number of carbonyl (C=O) groups is 1. The van der Waals surface area contributed by atoms with Crippen LogP contribution in [0.5, 0.6) is 11.5 Å². The predicted molar refractivity (Wildman–Crippen MR) is 145 cm³/mol. The first-order valence-corrected chi connectivity index (χ1v) is 12.9. The average Bonchev–Trinajstić information content (AvgIpc) is 3.51. The lowest BCUT2D eigenvalue weighted by atomic mass is 10.1. The van der Waals surface area contributed by atoms with Gasteiger partial charge in [-0.2, -0.15) is 0 Å². The minimum absolute atomic E-state index is 0.305. The van der Waals surface area contributed by atoms with Crippen molar-refractivity contribution in [3.8, 4) is 22.6 Å². The molecule has 0 amide bonds. The third-order valence-corrected chi connectivity index (χ3v) is 7.62. The molecule has 0 spiro atoms. The summed E-state index contributed by atoms with van der Waals surface area (Å²) in [6.07, 6.45) is 1.17. The largest absolute Gasteiger partial charge is 0.478 e. The number of halogens is 1. The highest BCUT2D eigenvalue weighted by Gasteiger charge is 2.42. The molecule has 4 aromatic rings. The molecular formula is C32H29FN2O3.